The second kappa shape index (κ2) is 4.27. The minimum atomic E-state index is 0.459. The first-order valence-corrected chi connectivity index (χ1v) is 4.54. The number of aryl methyl sites for hydroxylation is 1. The van der Waals surface area contributed by atoms with Crippen molar-refractivity contribution in [3.05, 3.63) is 35.4 Å². The van der Waals surface area contributed by atoms with Crippen molar-refractivity contribution in [1.82, 2.24) is 5.32 Å². The van der Waals surface area contributed by atoms with Gasteiger partial charge in [-0.1, -0.05) is 31.2 Å². The molecule has 0 amide bonds. The summed E-state index contributed by atoms with van der Waals surface area (Å²) in [7, 11) is 2.00. The lowest BCUT2D eigenvalue weighted by Gasteiger charge is -2.14. The van der Waals surface area contributed by atoms with Gasteiger partial charge in [0.25, 0.3) is 0 Å². The van der Waals surface area contributed by atoms with Gasteiger partial charge in [0, 0.05) is 6.04 Å². The molecule has 0 saturated heterocycles. The van der Waals surface area contributed by atoms with Crippen LogP contribution in [0.3, 0.4) is 0 Å². The fourth-order valence-electron chi connectivity index (χ4n) is 1.43. The lowest BCUT2D eigenvalue weighted by Crippen LogP contribution is -2.13. The van der Waals surface area contributed by atoms with Crippen molar-refractivity contribution in [2.45, 2.75) is 26.3 Å². The average molecular weight is 163 g/mol. The number of nitrogens with one attached hydrogen (secondary N) is 1. The Morgan fingerprint density at radius 2 is 2.00 bits per heavy atom. The van der Waals surface area contributed by atoms with Crippen LogP contribution < -0.4 is 5.32 Å². The maximum absolute atomic E-state index is 3.26. The van der Waals surface area contributed by atoms with E-state index in [9.17, 15) is 0 Å². The SMILES string of the molecule is CCc1ccccc1C(C)NC. The van der Waals surface area contributed by atoms with Crippen LogP contribution in [0.5, 0.6) is 0 Å². The van der Waals surface area contributed by atoms with Crippen molar-refractivity contribution in [3.63, 3.8) is 0 Å². The Morgan fingerprint density at radius 1 is 1.33 bits per heavy atom. The first kappa shape index (κ1) is 9.27. The average Bonchev–Trinajstić information content (AvgIpc) is 2.16. The fourth-order valence-corrected chi connectivity index (χ4v) is 1.43. The molecule has 0 aliphatic carbocycles. The Bertz CT molecular complexity index is 243. The normalized spacial score (nSPS) is 12.9. The number of hydrogen-bond acceptors (Lipinski definition) is 1. The molecule has 0 aromatic heterocycles. The minimum absolute atomic E-state index is 0.459. The largest absolute Gasteiger partial charge is 0.313 e. The van der Waals surface area contributed by atoms with Crippen LogP contribution >= 0.6 is 0 Å². The molecule has 1 unspecified atom stereocenters. The maximum atomic E-state index is 3.26. The standard InChI is InChI=1S/C11H17N/c1-4-10-7-5-6-8-11(10)9(2)12-3/h5-9,12H,4H2,1-3H3. The zero-order chi connectivity index (χ0) is 8.97. The summed E-state index contributed by atoms with van der Waals surface area (Å²) < 4.78 is 0. The highest BCUT2D eigenvalue weighted by atomic mass is 14.9. The van der Waals surface area contributed by atoms with Crippen molar-refractivity contribution in [2.75, 3.05) is 7.05 Å². The molecule has 1 aromatic carbocycles. The van der Waals surface area contributed by atoms with Gasteiger partial charge >= 0.3 is 0 Å². The highest BCUT2D eigenvalue weighted by molar-refractivity contribution is 5.29. The van der Waals surface area contributed by atoms with Gasteiger partial charge in [-0.25, -0.2) is 0 Å². The van der Waals surface area contributed by atoms with Gasteiger partial charge in [-0.3, -0.25) is 0 Å². The van der Waals surface area contributed by atoms with Crippen LogP contribution in [0.2, 0.25) is 0 Å². The van der Waals surface area contributed by atoms with Crippen LogP contribution in [0.15, 0.2) is 24.3 Å². The molecule has 1 nitrogen and oxygen atoms in total. The highest BCUT2D eigenvalue weighted by Crippen LogP contribution is 2.17. The molecule has 1 heteroatoms. The van der Waals surface area contributed by atoms with E-state index in [0.717, 1.165) is 6.42 Å². The molecular weight excluding hydrogens is 146 g/mol. The van der Waals surface area contributed by atoms with E-state index in [0.29, 0.717) is 6.04 Å². The van der Waals surface area contributed by atoms with Crippen LogP contribution in [0.4, 0.5) is 0 Å². The molecule has 0 aliphatic heterocycles. The van der Waals surface area contributed by atoms with E-state index in [-0.39, 0.29) is 0 Å². The third-order valence-corrected chi connectivity index (χ3v) is 2.34. The van der Waals surface area contributed by atoms with E-state index in [1.165, 1.54) is 11.1 Å². The molecule has 0 saturated carbocycles. The first-order valence-electron chi connectivity index (χ1n) is 4.54. The van der Waals surface area contributed by atoms with Gasteiger partial charge in [-0.05, 0) is 31.5 Å². The monoisotopic (exact) mass is 163 g/mol. The fraction of sp³-hybridized carbons (Fsp3) is 0.455. The lowest BCUT2D eigenvalue weighted by atomic mass is 10.00. The molecule has 0 spiro atoms. The maximum Gasteiger partial charge on any atom is 0.0291 e. The van der Waals surface area contributed by atoms with E-state index in [2.05, 4.69) is 43.4 Å². The van der Waals surface area contributed by atoms with Crippen molar-refractivity contribution < 1.29 is 0 Å². The zero-order valence-corrected chi connectivity index (χ0v) is 8.09. The van der Waals surface area contributed by atoms with Crippen LogP contribution in [-0.2, 0) is 6.42 Å². The van der Waals surface area contributed by atoms with Crippen LogP contribution in [0, 0.1) is 0 Å². The third kappa shape index (κ3) is 1.86. The van der Waals surface area contributed by atoms with Crippen LogP contribution in [0.25, 0.3) is 0 Å². The summed E-state index contributed by atoms with van der Waals surface area (Å²) >= 11 is 0. The Balaban J connectivity index is 2.96. The van der Waals surface area contributed by atoms with Gasteiger partial charge < -0.3 is 5.32 Å². The van der Waals surface area contributed by atoms with Crippen LogP contribution in [0.1, 0.15) is 31.0 Å². The summed E-state index contributed by atoms with van der Waals surface area (Å²) in [5.41, 5.74) is 2.86. The van der Waals surface area contributed by atoms with E-state index < -0.39 is 0 Å². The van der Waals surface area contributed by atoms with Crippen LogP contribution in [-0.4, -0.2) is 7.05 Å². The number of rotatable bonds is 3. The van der Waals surface area contributed by atoms with Crippen molar-refractivity contribution in [2.24, 2.45) is 0 Å². The smallest absolute Gasteiger partial charge is 0.0291 e. The summed E-state index contributed by atoms with van der Waals surface area (Å²) in [4.78, 5) is 0. The van der Waals surface area contributed by atoms with Crippen molar-refractivity contribution >= 4 is 0 Å². The first-order chi connectivity index (χ1) is 5.79. The summed E-state index contributed by atoms with van der Waals surface area (Å²) in [5, 5.41) is 3.26. The van der Waals surface area contributed by atoms with E-state index in [1.807, 2.05) is 7.05 Å². The molecule has 1 aromatic rings. The molecule has 0 fully saturated rings. The Morgan fingerprint density at radius 3 is 2.58 bits per heavy atom. The minimum Gasteiger partial charge on any atom is -0.313 e. The van der Waals surface area contributed by atoms with Gasteiger partial charge in [0.15, 0.2) is 0 Å². The molecule has 1 N–H and O–H groups in total. The lowest BCUT2D eigenvalue weighted by molar-refractivity contribution is 0.645. The molecule has 0 radical (unpaired) electrons. The predicted molar refractivity (Wildman–Crippen MR) is 53.3 cm³/mol. The summed E-state index contributed by atoms with van der Waals surface area (Å²) in [6, 6.07) is 9.05. The number of benzene rings is 1. The summed E-state index contributed by atoms with van der Waals surface area (Å²) in [6.45, 7) is 4.38. The molecule has 0 aliphatic rings. The second-order valence-corrected chi connectivity index (χ2v) is 3.06. The molecule has 12 heavy (non-hydrogen) atoms. The van der Waals surface area contributed by atoms with Crippen molar-refractivity contribution in [3.8, 4) is 0 Å². The van der Waals surface area contributed by atoms with E-state index in [4.69, 9.17) is 0 Å². The quantitative estimate of drug-likeness (QED) is 0.722. The molecule has 66 valence electrons. The molecule has 1 atom stereocenters. The zero-order valence-electron chi connectivity index (χ0n) is 8.09. The molecule has 0 heterocycles. The van der Waals surface area contributed by atoms with Gasteiger partial charge in [0.2, 0.25) is 0 Å². The third-order valence-electron chi connectivity index (χ3n) is 2.34. The van der Waals surface area contributed by atoms with Gasteiger partial charge in [0.05, 0.1) is 0 Å². The summed E-state index contributed by atoms with van der Waals surface area (Å²) in [6.07, 6.45) is 1.11. The Kier molecular flexibility index (Phi) is 3.30. The molecule has 0 bridgehead atoms. The second-order valence-electron chi connectivity index (χ2n) is 3.06. The summed E-state index contributed by atoms with van der Waals surface area (Å²) in [5.74, 6) is 0. The Labute approximate surface area is 74.8 Å². The topological polar surface area (TPSA) is 12.0 Å². The van der Waals surface area contributed by atoms with E-state index in [1.54, 1.807) is 0 Å². The number of hydrogen-bond donors (Lipinski definition) is 1. The predicted octanol–water partition coefficient (Wildman–Crippen LogP) is 2.53. The van der Waals surface area contributed by atoms with Crippen molar-refractivity contribution in [1.29, 1.82) is 0 Å². The van der Waals surface area contributed by atoms with Gasteiger partial charge in [-0.15, -0.1) is 0 Å². The van der Waals surface area contributed by atoms with E-state index >= 15 is 0 Å². The molecule has 1 rings (SSSR count). The van der Waals surface area contributed by atoms with Gasteiger partial charge in [0.1, 0.15) is 0 Å². The highest BCUT2D eigenvalue weighted by Gasteiger charge is 2.05. The Hall–Kier alpha value is -0.820. The van der Waals surface area contributed by atoms with Gasteiger partial charge in [-0.2, -0.15) is 0 Å². The molecular formula is C11H17N.